The fourth-order valence-corrected chi connectivity index (χ4v) is 3.53. The van der Waals surface area contributed by atoms with Gasteiger partial charge in [-0.3, -0.25) is 0 Å². The number of hydrogen-bond acceptors (Lipinski definition) is 3. The molecule has 0 bridgehead atoms. The topological polar surface area (TPSA) is 69.7 Å². The Labute approximate surface area is 136 Å². The van der Waals surface area contributed by atoms with Crippen LogP contribution in [0.3, 0.4) is 0 Å². The molecule has 1 heterocycles. The molecule has 2 amide bonds. The fourth-order valence-electron chi connectivity index (χ4n) is 2.28. The Bertz CT molecular complexity index is 655. The number of anilines is 1. The Hall–Kier alpha value is -1.31. The van der Waals surface area contributed by atoms with Crippen molar-refractivity contribution in [3.8, 4) is 0 Å². The number of halogens is 1. The van der Waals surface area contributed by atoms with Crippen LogP contribution in [-0.2, 0) is 10.0 Å². The third kappa shape index (κ3) is 3.91. The smallest absolute Gasteiger partial charge is 0.321 e. The lowest BCUT2D eigenvalue weighted by atomic mass is 10.2. The maximum absolute atomic E-state index is 12.3. The van der Waals surface area contributed by atoms with Gasteiger partial charge in [0.05, 0.1) is 5.75 Å². The maximum atomic E-state index is 12.3. The van der Waals surface area contributed by atoms with E-state index in [4.69, 9.17) is 11.6 Å². The standard InChI is InChI=1S/C14H20ClN3O3S/c1-3-22(20,21)18-8-6-17(7-9-18)14(19)16-13-10-12(15)5-4-11(13)2/h4-5,10H,3,6-9H2,1-2H3,(H,16,19). The second-order valence-electron chi connectivity index (χ2n) is 5.18. The zero-order chi connectivity index (χ0) is 16.3. The lowest BCUT2D eigenvalue weighted by Gasteiger charge is -2.33. The minimum absolute atomic E-state index is 0.0842. The molecule has 1 aliphatic rings. The molecule has 0 atom stereocenters. The molecular formula is C14H20ClN3O3S. The predicted octanol–water partition coefficient (Wildman–Crippen LogP) is 2.15. The number of piperazine rings is 1. The Morgan fingerprint density at radius 1 is 1.27 bits per heavy atom. The number of carbonyl (C=O) groups excluding carboxylic acids is 1. The molecule has 8 heteroatoms. The number of nitrogens with one attached hydrogen (secondary N) is 1. The van der Waals surface area contributed by atoms with Crippen molar-refractivity contribution in [2.45, 2.75) is 13.8 Å². The van der Waals surface area contributed by atoms with Gasteiger partial charge in [0.1, 0.15) is 0 Å². The van der Waals surface area contributed by atoms with Gasteiger partial charge < -0.3 is 10.2 Å². The molecule has 1 aromatic carbocycles. The summed E-state index contributed by atoms with van der Waals surface area (Å²) in [7, 11) is -3.18. The van der Waals surface area contributed by atoms with Crippen molar-refractivity contribution in [2.75, 3.05) is 37.2 Å². The second kappa shape index (κ2) is 6.85. The fraction of sp³-hybridized carbons (Fsp3) is 0.500. The van der Waals surface area contributed by atoms with Crippen molar-refractivity contribution in [3.63, 3.8) is 0 Å². The van der Waals surface area contributed by atoms with Gasteiger partial charge in [-0.25, -0.2) is 13.2 Å². The zero-order valence-corrected chi connectivity index (χ0v) is 14.2. The van der Waals surface area contributed by atoms with Crippen molar-refractivity contribution in [1.82, 2.24) is 9.21 Å². The third-order valence-corrected chi connectivity index (χ3v) is 5.84. The van der Waals surface area contributed by atoms with E-state index in [2.05, 4.69) is 5.32 Å². The normalized spacial score (nSPS) is 16.6. The molecule has 0 unspecified atom stereocenters. The molecule has 6 nitrogen and oxygen atoms in total. The predicted molar refractivity (Wildman–Crippen MR) is 87.8 cm³/mol. The number of aryl methyl sites for hydroxylation is 1. The highest BCUT2D eigenvalue weighted by atomic mass is 35.5. The molecule has 122 valence electrons. The summed E-state index contributed by atoms with van der Waals surface area (Å²) in [5.74, 6) is 0.0842. The van der Waals surface area contributed by atoms with E-state index in [0.717, 1.165) is 5.56 Å². The molecule has 0 radical (unpaired) electrons. The number of rotatable bonds is 3. The van der Waals surface area contributed by atoms with Crippen LogP contribution in [0.2, 0.25) is 5.02 Å². The molecule has 22 heavy (non-hydrogen) atoms. The number of carbonyl (C=O) groups is 1. The number of hydrogen-bond donors (Lipinski definition) is 1. The summed E-state index contributed by atoms with van der Waals surface area (Å²) in [6, 6.07) is 5.07. The summed E-state index contributed by atoms with van der Waals surface area (Å²) in [4.78, 5) is 13.9. The van der Waals surface area contributed by atoms with E-state index >= 15 is 0 Å². The van der Waals surface area contributed by atoms with E-state index in [1.165, 1.54) is 4.31 Å². The number of benzene rings is 1. The molecule has 0 aliphatic carbocycles. The Morgan fingerprint density at radius 2 is 1.91 bits per heavy atom. The first-order valence-electron chi connectivity index (χ1n) is 7.13. The monoisotopic (exact) mass is 345 g/mol. The van der Waals surface area contributed by atoms with Crippen molar-refractivity contribution < 1.29 is 13.2 Å². The molecule has 1 aromatic rings. The molecular weight excluding hydrogens is 326 g/mol. The van der Waals surface area contributed by atoms with Crippen molar-refractivity contribution in [1.29, 1.82) is 0 Å². The SMILES string of the molecule is CCS(=O)(=O)N1CCN(C(=O)Nc2cc(Cl)ccc2C)CC1. The second-order valence-corrected chi connectivity index (χ2v) is 7.87. The number of nitrogens with zero attached hydrogens (tertiary/aromatic N) is 2. The summed E-state index contributed by atoms with van der Waals surface area (Å²) in [5, 5.41) is 3.38. The first-order chi connectivity index (χ1) is 10.3. The van der Waals surface area contributed by atoms with E-state index in [0.29, 0.717) is 36.9 Å². The lowest BCUT2D eigenvalue weighted by molar-refractivity contribution is 0.184. The largest absolute Gasteiger partial charge is 0.322 e. The summed E-state index contributed by atoms with van der Waals surface area (Å²) in [6.07, 6.45) is 0. The minimum Gasteiger partial charge on any atom is -0.322 e. The molecule has 0 spiro atoms. The highest BCUT2D eigenvalue weighted by Gasteiger charge is 2.27. The lowest BCUT2D eigenvalue weighted by Crippen LogP contribution is -2.51. The van der Waals surface area contributed by atoms with Crippen LogP contribution in [0.25, 0.3) is 0 Å². The molecule has 0 saturated carbocycles. The third-order valence-electron chi connectivity index (χ3n) is 3.73. The van der Waals surface area contributed by atoms with Crippen LogP contribution in [0.1, 0.15) is 12.5 Å². The van der Waals surface area contributed by atoms with E-state index in [1.54, 1.807) is 24.0 Å². The van der Waals surface area contributed by atoms with Gasteiger partial charge in [-0.1, -0.05) is 17.7 Å². The van der Waals surface area contributed by atoms with Gasteiger partial charge in [-0.15, -0.1) is 0 Å². The van der Waals surface area contributed by atoms with Gasteiger partial charge in [-0.2, -0.15) is 4.31 Å². The molecule has 1 fully saturated rings. The highest BCUT2D eigenvalue weighted by Crippen LogP contribution is 2.21. The first-order valence-corrected chi connectivity index (χ1v) is 9.12. The maximum Gasteiger partial charge on any atom is 0.321 e. The van der Waals surface area contributed by atoms with Gasteiger partial charge in [-0.05, 0) is 31.5 Å². The van der Waals surface area contributed by atoms with Gasteiger partial charge in [0.2, 0.25) is 10.0 Å². The van der Waals surface area contributed by atoms with Crippen LogP contribution in [0.15, 0.2) is 18.2 Å². The Kier molecular flexibility index (Phi) is 5.31. The van der Waals surface area contributed by atoms with E-state index in [-0.39, 0.29) is 11.8 Å². The highest BCUT2D eigenvalue weighted by molar-refractivity contribution is 7.89. The van der Waals surface area contributed by atoms with Gasteiger partial charge in [0.15, 0.2) is 0 Å². The first kappa shape index (κ1) is 17.1. The van der Waals surface area contributed by atoms with Gasteiger partial charge >= 0.3 is 6.03 Å². The average Bonchev–Trinajstić information content (AvgIpc) is 2.51. The van der Waals surface area contributed by atoms with Crippen LogP contribution in [0.4, 0.5) is 10.5 Å². The summed E-state index contributed by atoms with van der Waals surface area (Å²) < 4.78 is 25.0. The van der Waals surface area contributed by atoms with Crippen LogP contribution in [0, 0.1) is 6.92 Å². The molecule has 0 aromatic heterocycles. The van der Waals surface area contributed by atoms with Crippen molar-refractivity contribution >= 4 is 33.3 Å². The van der Waals surface area contributed by atoms with Crippen LogP contribution >= 0.6 is 11.6 Å². The molecule has 2 rings (SSSR count). The van der Waals surface area contributed by atoms with Crippen LogP contribution in [-0.4, -0.2) is 55.6 Å². The number of sulfonamides is 1. The van der Waals surface area contributed by atoms with E-state index in [1.807, 2.05) is 13.0 Å². The summed E-state index contributed by atoms with van der Waals surface area (Å²) in [6.45, 7) is 4.93. The quantitative estimate of drug-likeness (QED) is 0.912. The van der Waals surface area contributed by atoms with Crippen LogP contribution < -0.4 is 5.32 Å². The van der Waals surface area contributed by atoms with E-state index < -0.39 is 10.0 Å². The molecule has 1 N–H and O–H groups in total. The van der Waals surface area contributed by atoms with Gasteiger partial charge in [0, 0.05) is 36.9 Å². The number of urea groups is 1. The summed E-state index contributed by atoms with van der Waals surface area (Å²) in [5.41, 5.74) is 1.59. The van der Waals surface area contributed by atoms with Crippen molar-refractivity contribution in [3.05, 3.63) is 28.8 Å². The van der Waals surface area contributed by atoms with Gasteiger partial charge in [0.25, 0.3) is 0 Å². The Morgan fingerprint density at radius 3 is 2.50 bits per heavy atom. The average molecular weight is 346 g/mol. The minimum atomic E-state index is -3.18. The zero-order valence-electron chi connectivity index (χ0n) is 12.7. The van der Waals surface area contributed by atoms with Crippen LogP contribution in [0.5, 0.6) is 0 Å². The molecule has 1 aliphatic heterocycles. The summed E-state index contributed by atoms with van der Waals surface area (Å²) >= 11 is 5.93. The van der Waals surface area contributed by atoms with E-state index in [9.17, 15) is 13.2 Å². The molecule has 1 saturated heterocycles. The van der Waals surface area contributed by atoms with Crippen molar-refractivity contribution in [2.24, 2.45) is 0 Å². The Balaban J connectivity index is 1.97. The number of amides is 2.